The zero-order chi connectivity index (χ0) is 16.9. The quantitative estimate of drug-likeness (QED) is 0.790. The molecule has 0 heterocycles. The van der Waals surface area contributed by atoms with Gasteiger partial charge in [-0.05, 0) is 53.4 Å². The molecule has 0 aliphatic heterocycles. The first kappa shape index (κ1) is 18.2. The number of amides is 2. The molecule has 0 saturated carbocycles. The summed E-state index contributed by atoms with van der Waals surface area (Å²) in [5.41, 5.74) is 1.74. The summed E-state index contributed by atoms with van der Waals surface area (Å²) in [7, 11) is 3.87. The van der Waals surface area contributed by atoms with Gasteiger partial charge in [0.2, 0.25) is 11.8 Å². The summed E-state index contributed by atoms with van der Waals surface area (Å²) in [4.78, 5) is 26.6. The van der Waals surface area contributed by atoms with Crippen molar-refractivity contribution in [2.45, 2.75) is 27.7 Å². The van der Waals surface area contributed by atoms with E-state index in [0.717, 1.165) is 23.4 Å². The van der Waals surface area contributed by atoms with Gasteiger partial charge in [-0.1, -0.05) is 17.7 Å². The third kappa shape index (κ3) is 4.84. The average Bonchev–Trinajstić information content (AvgIpc) is 2.41. The summed E-state index contributed by atoms with van der Waals surface area (Å²) in [5, 5.41) is 5.65. The molecule has 0 atom stereocenters. The van der Waals surface area contributed by atoms with Crippen LogP contribution in [-0.2, 0) is 9.59 Å². The summed E-state index contributed by atoms with van der Waals surface area (Å²) >= 11 is 0. The summed E-state index contributed by atoms with van der Waals surface area (Å²) in [6.07, 6.45) is 0. The van der Waals surface area contributed by atoms with Gasteiger partial charge in [-0.25, -0.2) is 0 Å². The van der Waals surface area contributed by atoms with Crippen molar-refractivity contribution in [3.8, 4) is 0 Å². The zero-order valence-electron chi connectivity index (χ0n) is 14.4. The minimum absolute atomic E-state index is 0.267. The maximum absolute atomic E-state index is 12.4. The molecule has 2 amide bonds. The van der Waals surface area contributed by atoms with Crippen LogP contribution in [0, 0.1) is 19.3 Å². The van der Waals surface area contributed by atoms with Crippen molar-refractivity contribution in [1.29, 1.82) is 0 Å². The molecule has 0 bridgehead atoms. The molecule has 0 fully saturated rings. The predicted molar refractivity (Wildman–Crippen MR) is 89.9 cm³/mol. The normalized spacial score (nSPS) is 11.4. The van der Waals surface area contributed by atoms with Crippen molar-refractivity contribution in [3.63, 3.8) is 0 Å². The van der Waals surface area contributed by atoms with Crippen molar-refractivity contribution in [1.82, 2.24) is 10.2 Å². The highest BCUT2D eigenvalue weighted by molar-refractivity contribution is 6.10. The lowest BCUT2D eigenvalue weighted by atomic mass is 9.90. The first-order valence-corrected chi connectivity index (χ1v) is 7.46. The van der Waals surface area contributed by atoms with Crippen LogP contribution in [0.1, 0.15) is 25.0 Å². The fourth-order valence-electron chi connectivity index (χ4n) is 1.95. The maximum atomic E-state index is 12.4. The van der Waals surface area contributed by atoms with E-state index in [1.165, 1.54) is 0 Å². The standard InChI is InChI=1S/C17H27N3O2/c1-12-7-8-14(13(2)11-12)19-16(22)17(3,4)15(21)18-9-10-20(5)6/h7-8,11H,9-10H2,1-6H3,(H,18,21)(H,19,22). The zero-order valence-corrected chi connectivity index (χ0v) is 14.4. The second-order valence-corrected chi connectivity index (χ2v) is 6.46. The van der Waals surface area contributed by atoms with E-state index < -0.39 is 5.41 Å². The largest absolute Gasteiger partial charge is 0.354 e. The van der Waals surface area contributed by atoms with E-state index in [1.807, 2.05) is 51.0 Å². The molecule has 0 aliphatic carbocycles. The van der Waals surface area contributed by atoms with Crippen LogP contribution in [0.25, 0.3) is 0 Å². The first-order chi connectivity index (χ1) is 10.1. The second-order valence-electron chi connectivity index (χ2n) is 6.46. The van der Waals surface area contributed by atoms with E-state index in [4.69, 9.17) is 0 Å². The van der Waals surface area contributed by atoms with Gasteiger partial charge in [-0.15, -0.1) is 0 Å². The molecule has 0 spiro atoms. The lowest BCUT2D eigenvalue weighted by Gasteiger charge is -2.23. The molecule has 22 heavy (non-hydrogen) atoms. The lowest BCUT2D eigenvalue weighted by molar-refractivity contribution is -0.138. The number of carbonyl (C=O) groups is 2. The molecule has 0 unspecified atom stereocenters. The number of benzene rings is 1. The van der Waals surface area contributed by atoms with Crippen LogP contribution < -0.4 is 10.6 Å². The number of carbonyl (C=O) groups excluding carboxylic acids is 2. The molecular weight excluding hydrogens is 278 g/mol. The first-order valence-electron chi connectivity index (χ1n) is 7.46. The fourth-order valence-corrected chi connectivity index (χ4v) is 1.95. The number of anilines is 1. The lowest BCUT2D eigenvalue weighted by Crippen LogP contribution is -2.46. The molecule has 1 aromatic rings. The Bertz CT molecular complexity index is 551. The number of nitrogens with one attached hydrogen (secondary N) is 2. The van der Waals surface area contributed by atoms with Gasteiger partial charge >= 0.3 is 0 Å². The van der Waals surface area contributed by atoms with Gasteiger partial charge in [-0.3, -0.25) is 9.59 Å². The Hall–Kier alpha value is -1.88. The van der Waals surface area contributed by atoms with Gasteiger partial charge in [0.25, 0.3) is 0 Å². The third-order valence-electron chi connectivity index (χ3n) is 3.61. The van der Waals surface area contributed by atoms with Gasteiger partial charge in [-0.2, -0.15) is 0 Å². The minimum Gasteiger partial charge on any atom is -0.354 e. The Morgan fingerprint density at radius 3 is 2.32 bits per heavy atom. The molecule has 1 rings (SSSR count). The van der Waals surface area contributed by atoms with Gasteiger partial charge in [0.1, 0.15) is 5.41 Å². The Labute approximate surface area is 133 Å². The Kier molecular flexibility index (Phi) is 6.11. The summed E-state index contributed by atoms with van der Waals surface area (Å²) in [5.74, 6) is -0.571. The van der Waals surface area contributed by atoms with Gasteiger partial charge < -0.3 is 15.5 Å². The van der Waals surface area contributed by atoms with Crippen LogP contribution in [0.15, 0.2) is 18.2 Å². The number of aryl methyl sites for hydroxylation is 2. The van der Waals surface area contributed by atoms with Gasteiger partial charge in [0.05, 0.1) is 0 Å². The summed E-state index contributed by atoms with van der Waals surface area (Å²) in [6, 6.07) is 5.80. The number of hydrogen-bond donors (Lipinski definition) is 2. The van der Waals surface area contributed by atoms with Crippen molar-refractivity contribution >= 4 is 17.5 Å². The molecule has 0 aliphatic rings. The molecule has 5 nitrogen and oxygen atoms in total. The van der Waals surface area contributed by atoms with Gasteiger partial charge in [0, 0.05) is 18.8 Å². The molecule has 5 heteroatoms. The Balaban J connectivity index is 2.71. The van der Waals surface area contributed by atoms with E-state index in [0.29, 0.717) is 6.54 Å². The number of hydrogen-bond acceptors (Lipinski definition) is 3. The smallest absolute Gasteiger partial charge is 0.239 e. The van der Waals surface area contributed by atoms with Crippen LogP contribution in [0.4, 0.5) is 5.69 Å². The predicted octanol–water partition coefficient (Wildman–Crippen LogP) is 1.95. The SMILES string of the molecule is Cc1ccc(NC(=O)C(C)(C)C(=O)NCCN(C)C)c(C)c1. The third-order valence-corrected chi connectivity index (χ3v) is 3.61. The summed E-state index contributed by atoms with van der Waals surface area (Å²) < 4.78 is 0. The second kappa shape index (κ2) is 7.40. The van der Waals surface area contributed by atoms with E-state index in [2.05, 4.69) is 10.6 Å². The molecule has 2 N–H and O–H groups in total. The highest BCUT2D eigenvalue weighted by atomic mass is 16.2. The van der Waals surface area contributed by atoms with Gasteiger partial charge in [0.15, 0.2) is 0 Å². The Morgan fingerprint density at radius 1 is 1.14 bits per heavy atom. The highest BCUT2D eigenvalue weighted by Gasteiger charge is 2.36. The van der Waals surface area contributed by atoms with E-state index in [-0.39, 0.29) is 11.8 Å². The van der Waals surface area contributed by atoms with Crippen LogP contribution in [0.5, 0.6) is 0 Å². The molecule has 1 aromatic carbocycles. The van der Waals surface area contributed by atoms with Crippen LogP contribution >= 0.6 is 0 Å². The number of rotatable bonds is 6. The topological polar surface area (TPSA) is 61.4 Å². The molecule has 122 valence electrons. The minimum atomic E-state index is -1.12. The van der Waals surface area contributed by atoms with Crippen LogP contribution in [0.2, 0.25) is 0 Å². The van der Waals surface area contributed by atoms with E-state index >= 15 is 0 Å². The van der Waals surface area contributed by atoms with Crippen molar-refractivity contribution in [2.75, 3.05) is 32.5 Å². The maximum Gasteiger partial charge on any atom is 0.239 e. The average molecular weight is 305 g/mol. The van der Waals surface area contributed by atoms with Crippen LogP contribution in [-0.4, -0.2) is 43.9 Å². The molecular formula is C17H27N3O2. The monoisotopic (exact) mass is 305 g/mol. The van der Waals surface area contributed by atoms with E-state index in [9.17, 15) is 9.59 Å². The molecule has 0 radical (unpaired) electrons. The van der Waals surface area contributed by atoms with Crippen molar-refractivity contribution in [2.24, 2.45) is 5.41 Å². The van der Waals surface area contributed by atoms with E-state index in [1.54, 1.807) is 13.8 Å². The van der Waals surface area contributed by atoms with Crippen molar-refractivity contribution < 1.29 is 9.59 Å². The Morgan fingerprint density at radius 2 is 1.77 bits per heavy atom. The fraction of sp³-hybridized carbons (Fsp3) is 0.529. The van der Waals surface area contributed by atoms with Crippen molar-refractivity contribution in [3.05, 3.63) is 29.3 Å². The summed E-state index contributed by atoms with van der Waals surface area (Å²) in [6.45, 7) is 8.47. The molecule has 0 aromatic heterocycles. The van der Waals surface area contributed by atoms with Crippen LogP contribution in [0.3, 0.4) is 0 Å². The number of likely N-dealkylation sites (N-methyl/N-ethyl adjacent to an activating group) is 1. The molecule has 0 saturated heterocycles. The highest BCUT2D eigenvalue weighted by Crippen LogP contribution is 2.22. The number of nitrogens with zero attached hydrogens (tertiary/aromatic N) is 1.